The molecule has 0 spiro atoms. The molecule has 0 aliphatic heterocycles. The zero-order chi connectivity index (χ0) is 9.82. The summed E-state index contributed by atoms with van der Waals surface area (Å²) in [6.45, 7) is 7.65. The maximum Gasteiger partial charge on any atom is 0.168 e. The lowest BCUT2D eigenvalue weighted by molar-refractivity contribution is -0.104. The van der Waals surface area contributed by atoms with Gasteiger partial charge in [0.2, 0.25) is 0 Å². The summed E-state index contributed by atoms with van der Waals surface area (Å²) in [6, 6.07) is 0. The molecule has 0 bridgehead atoms. The highest BCUT2D eigenvalue weighted by Gasteiger charge is 1.82. The van der Waals surface area contributed by atoms with E-state index in [4.69, 9.17) is 0 Å². The van der Waals surface area contributed by atoms with Crippen LogP contribution in [0.4, 0.5) is 0 Å². The minimum atomic E-state index is 0.445. The maximum atomic E-state index is 10.2. The van der Waals surface area contributed by atoms with E-state index in [1.807, 2.05) is 26.8 Å². The molecule has 0 fully saturated rings. The SMILES string of the molecule is CC.CC=N/C(C=O)=C\C=C/C. The van der Waals surface area contributed by atoms with Crippen molar-refractivity contribution < 1.29 is 4.79 Å². The number of nitrogens with zero attached hydrogens (tertiary/aromatic N) is 1. The molecule has 0 aromatic heterocycles. The average molecular weight is 167 g/mol. The molecule has 0 saturated carbocycles. The van der Waals surface area contributed by atoms with Crippen LogP contribution in [0, 0.1) is 0 Å². The minimum absolute atomic E-state index is 0.445. The van der Waals surface area contributed by atoms with Gasteiger partial charge in [-0.3, -0.25) is 9.79 Å². The zero-order valence-electron chi connectivity index (χ0n) is 8.24. The highest BCUT2D eigenvalue weighted by Crippen LogP contribution is 1.90. The molecule has 0 atom stereocenters. The molecule has 0 radical (unpaired) electrons. The fraction of sp³-hybridized carbons (Fsp3) is 0.400. The van der Waals surface area contributed by atoms with Crippen molar-refractivity contribution in [2.45, 2.75) is 27.7 Å². The third-order valence-corrected chi connectivity index (χ3v) is 0.858. The Hall–Kier alpha value is -1.18. The van der Waals surface area contributed by atoms with Crippen molar-refractivity contribution in [3.63, 3.8) is 0 Å². The van der Waals surface area contributed by atoms with Gasteiger partial charge in [0.15, 0.2) is 6.29 Å². The first-order valence-corrected chi connectivity index (χ1v) is 4.12. The van der Waals surface area contributed by atoms with Crippen LogP contribution in [0.15, 0.2) is 28.9 Å². The van der Waals surface area contributed by atoms with Crippen LogP contribution in [0.2, 0.25) is 0 Å². The van der Waals surface area contributed by atoms with Gasteiger partial charge >= 0.3 is 0 Å². The largest absolute Gasteiger partial charge is 0.296 e. The number of aliphatic imine (C=N–C) groups is 1. The lowest BCUT2D eigenvalue weighted by Gasteiger charge is -1.83. The number of rotatable bonds is 3. The van der Waals surface area contributed by atoms with Crippen molar-refractivity contribution >= 4 is 12.5 Å². The van der Waals surface area contributed by atoms with Crippen LogP contribution >= 0.6 is 0 Å². The monoisotopic (exact) mass is 167 g/mol. The summed E-state index contributed by atoms with van der Waals surface area (Å²) in [5.74, 6) is 0. The van der Waals surface area contributed by atoms with E-state index in [9.17, 15) is 4.79 Å². The molecule has 0 rings (SSSR count). The highest BCUT2D eigenvalue weighted by molar-refractivity contribution is 5.76. The van der Waals surface area contributed by atoms with Crippen LogP contribution in [-0.4, -0.2) is 12.5 Å². The van der Waals surface area contributed by atoms with Crippen LogP contribution in [0.1, 0.15) is 27.7 Å². The molecular formula is C10H17NO. The highest BCUT2D eigenvalue weighted by atomic mass is 16.1. The van der Waals surface area contributed by atoms with Gasteiger partial charge in [-0.15, -0.1) is 0 Å². The molecule has 0 amide bonds. The predicted molar refractivity (Wildman–Crippen MR) is 54.5 cm³/mol. The Morgan fingerprint density at radius 3 is 2.17 bits per heavy atom. The summed E-state index contributed by atoms with van der Waals surface area (Å²) in [5, 5.41) is 0. The number of aldehydes is 1. The Kier molecular flexibility index (Phi) is 14.0. The Balaban J connectivity index is 0. The third kappa shape index (κ3) is 8.82. The van der Waals surface area contributed by atoms with E-state index in [0.29, 0.717) is 5.70 Å². The van der Waals surface area contributed by atoms with Crippen molar-refractivity contribution in [1.82, 2.24) is 0 Å². The van der Waals surface area contributed by atoms with Gasteiger partial charge in [-0.1, -0.05) is 26.0 Å². The van der Waals surface area contributed by atoms with Gasteiger partial charge in [0.05, 0.1) is 0 Å². The number of carbonyl (C=O) groups excluding carboxylic acids is 1. The predicted octanol–water partition coefficient (Wildman–Crippen LogP) is 2.76. The molecule has 0 aromatic carbocycles. The van der Waals surface area contributed by atoms with Gasteiger partial charge in [-0.25, -0.2) is 0 Å². The maximum absolute atomic E-state index is 10.2. The zero-order valence-corrected chi connectivity index (χ0v) is 8.24. The molecule has 0 aromatic rings. The van der Waals surface area contributed by atoms with Crippen LogP contribution in [-0.2, 0) is 4.79 Å². The first kappa shape index (κ1) is 13.4. The Morgan fingerprint density at radius 1 is 1.25 bits per heavy atom. The second kappa shape index (κ2) is 12.5. The average Bonchev–Trinajstić information content (AvgIpc) is 2.15. The number of hydrogen-bond acceptors (Lipinski definition) is 2. The molecule has 0 heterocycles. The van der Waals surface area contributed by atoms with Crippen molar-refractivity contribution in [2.24, 2.45) is 4.99 Å². The van der Waals surface area contributed by atoms with Crippen LogP contribution < -0.4 is 0 Å². The van der Waals surface area contributed by atoms with Crippen LogP contribution in [0.25, 0.3) is 0 Å². The Morgan fingerprint density at radius 2 is 1.83 bits per heavy atom. The van der Waals surface area contributed by atoms with Crippen molar-refractivity contribution in [2.75, 3.05) is 0 Å². The standard InChI is InChI=1S/C8H11NO.C2H6/c1-3-5-6-8(7-10)9-4-2;1-2/h3-7H,1-2H3;1-2H3/b5-3-,8-6-,9-4?;. The van der Waals surface area contributed by atoms with Gasteiger partial charge in [0.1, 0.15) is 5.70 Å². The lowest BCUT2D eigenvalue weighted by atomic mass is 10.4. The van der Waals surface area contributed by atoms with Gasteiger partial charge < -0.3 is 0 Å². The van der Waals surface area contributed by atoms with E-state index in [0.717, 1.165) is 6.29 Å². The van der Waals surface area contributed by atoms with Crippen LogP contribution in [0.5, 0.6) is 0 Å². The normalized spacial score (nSPS) is 11.5. The van der Waals surface area contributed by atoms with E-state index in [-0.39, 0.29) is 0 Å². The lowest BCUT2D eigenvalue weighted by Crippen LogP contribution is -1.77. The fourth-order valence-electron chi connectivity index (χ4n) is 0.457. The molecular weight excluding hydrogens is 150 g/mol. The van der Waals surface area contributed by atoms with Crippen molar-refractivity contribution in [3.8, 4) is 0 Å². The summed E-state index contributed by atoms with van der Waals surface area (Å²) < 4.78 is 0. The number of allylic oxidation sites excluding steroid dienone is 4. The topological polar surface area (TPSA) is 29.4 Å². The second-order valence-electron chi connectivity index (χ2n) is 1.62. The Labute approximate surface area is 74.7 Å². The number of carbonyl (C=O) groups is 1. The summed E-state index contributed by atoms with van der Waals surface area (Å²) in [7, 11) is 0. The third-order valence-electron chi connectivity index (χ3n) is 0.858. The molecule has 2 heteroatoms. The molecule has 0 N–H and O–H groups in total. The smallest absolute Gasteiger partial charge is 0.168 e. The Bertz CT molecular complexity index is 178. The van der Waals surface area contributed by atoms with Crippen molar-refractivity contribution in [3.05, 3.63) is 23.9 Å². The molecule has 0 aliphatic rings. The minimum Gasteiger partial charge on any atom is -0.296 e. The molecule has 0 unspecified atom stereocenters. The summed E-state index contributed by atoms with van der Waals surface area (Å²) in [6.07, 6.45) is 7.59. The van der Waals surface area contributed by atoms with E-state index >= 15 is 0 Å². The van der Waals surface area contributed by atoms with E-state index in [1.165, 1.54) is 0 Å². The molecule has 0 aliphatic carbocycles. The van der Waals surface area contributed by atoms with Gasteiger partial charge in [-0.05, 0) is 19.9 Å². The molecule has 0 saturated heterocycles. The molecule has 12 heavy (non-hydrogen) atoms. The molecule has 2 nitrogen and oxygen atoms in total. The van der Waals surface area contributed by atoms with E-state index in [2.05, 4.69) is 4.99 Å². The van der Waals surface area contributed by atoms with E-state index < -0.39 is 0 Å². The molecule has 68 valence electrons. The van der Waals surface area contributed by atoms with Gasteiger partial charge in [0, 0.05) is 6.21 Å². The van der Waals surface area contributed by atoms with Crippen LogP contribution in [0.3, 0.4) is 0 Å². The summed E-state index contributed by atoms with van der Waals surface area (Å²) in [4.78, 5) is 14.0. The quantitative estimate of drug-likeness (QED) is 0.275. The van der Waals surface area contributed by atoms with Crippen molar-refractivity contribution in [1.29, 1.82) is 0 Å². The first-order valence-electron chi connectivity index (χ1n) is 4.12. The van der Waals surface area contributed by atoms with E-state index in [1.54, 1.807) is 25.3 Å². The van der Waals surface area contributed by atoms with Gasteiger partial charge in [-0.2, -0.15) is 0 Å². The number of hydrogen-bond donors (Lipinski definition) is 0. The fourth-order valence-corrected chi connectivity index (χ4v) is 0.457. The van der Waals surface area contributed by atoms with Gasteiger partial charge in [0.25, 0.3) is 0 Å². The summed E-state index contributed by atoms with van der Waals surface area (Å²) in [5.41, 5.74) is 0.445. The first-order chi connectivity index (χ1) is 5.85. The second-order valence-corrected chi connectivity index (χ2v) is 1.62. The summed E-state index contributed by atoms with van der Waals surface area (Å²) >= 11 is 0.